The van der Waals surface area contributed by atoms with Gasteiger partial charge in [-0.15, -0.1) is 0 Å². The van der Waals surface area contributed by atoms with E-state index >= 15 is 0 Å². The van der Waals surface area contributed by atoms with Gasteiger partial charge in [0.05, 0.1) is 19.7 Å². The summed E-state index contributed by atoms with van der Waals surface area (Å²) in [6, 6.07) is 8.24. The normalized spacial score (nSPS) is 13.5. The van der Waals surface area contributed by atoms with E-state index in [2.05, 4.69) is 23.8 Å². The molecule has 12 nitrogen and oxygen atoms in total. The third kappa shape index (κ3) is 9.04. The fourth-order valence-corrected chi connectivity index (χ4v) is 3.04. The summed E-state index contributed by atoms with van der Waals surface area (Å²) in [4.78, 5) is 47.9. The average molecular weight is 543 g/mol. The molecule has 1 heterocycles. The number of fused-ring (bicyclic) bond motifs is 1. The molecule has 0 spiro atoms. The van der Waals surface area contributed by atoms with E-state index in [4.69, 9.17) is 28.4 Å². The van der Waals surface area contributed by atoms with Gasteiger partial charge in [-0.05, 0) is 13.8 Å². The molecule has 2 amide bonds. The van der Waals surface area contributed by atoms with Crippen LogP contribution in [0.25, 0.3) is 10.8 Å². The Labute approximate surface area is 224 Å². The lowest BCUT2D eigenvalue weighted by atomic mass is 10.1. The summed E-state index contributed by atoms with van der Waals surface area (Å²) in [6.07, 6.45) is -1.70. The Morgan fingerprint density at radius 1 is 0.872 bits per heavy atom. The Morgan fingerprint density at radius 2 is 1.41 bits per heavy atom. The zero-order chi connectivity index (χ0) is 28.4. The molecule has 1 aliphatic rings. The molecule has 0 radical (unpaired) electrons. The van der Waals surface area contributed by atoms with Gasteiger partial charge in [-0.1, -0.05) is 37.4 Å². The van der Waals surface area contributed by atoms with Gasteiger partial charge in [-0.25, -0.2) is 19.2 Å². The maximum absolute atomic E-state index is 12.5. The lowest BCUT2D eigenvalue weighted by molar-refractivity contribution is -0.139. The Balaban J connectivity index is 1.72. The molecule has 1 saturated heterocycles. The average Bonchev–Trinajstić information content (AvgIpc) is 3.73. The maximum Gasteiger partial charge on any atom is 0.412 e. The van der Waals surface area contributed by atoms with Gasteiger partial charge in [0.15, 0.2) is 11.5 Å². The highest BCUT2D eigenvalue weighted by Gasteiger charge is 2.26. The van der Waals surface area contributed by atoms with E-state index in [1.807, 2.05) is 0 Å². The second-order valence-corrected chi connectivity index (χ2v) is 8.48. The highest BCUT2D eigenvalue weighted by Crippen LogP contribution is 2.42. The Hall–Kier alpha value is -4.58. The summed E-state index contributed by atoms with van der Waals surface area (Å²) in [5, 5.41) is 5.90. The second kappa shape index (κ2) is 13.8. The van der Waals surface area contributed by atoms with E-state index in [0.717, 1.165) is 0 Å². The van der Waals surface area contributed by atoms with Crippen LogP contribution in [0, 0.1) is 0 Å². The Morgan fingerprint density at radius 3 is 1.95 bits per heavy atom. The van der Waals surface area contributed by atoms with Crippen molar-refractivity contribution in [1.82, 2.24) is 10.6 Å². The van der Waals surface area contributed by atoms with Crippen molar-refractivity contribution in [1.29, 1.82) is 0 Å². The van der Waals surface area contributed by atoms with E-state index in [1.165, 1.54) is 19.9 Å². The zero-order valence-corrected chi connectivity index (χ0v) is 21.7. The highest BCUT2D eigenvalue weighted by atomic mass is 16.6. The fraction of sp³-hybridized carbons (Fsp3) is 0.333. The number of esters is 2. The lowest BCUT2D eigenvalue weighted by Crippen LogP contribution is -2.31. The van der Waals surface area contributed by atoms with Gasteiger partial charge in [0.25, 0.3) is 0 Å². The summed E-state index contributed by atoms with van der Waals surface area (Å²) in [7, 11) is 0. The molecule has 0 aliphatic carbocycles. The number of hydrogen-bond donors (Lipinski definition) is 2. The van der Waals surface area contributed by atoms with Gasteiger partial charge in [0.1, 0.15) is 31.7 Å². The van der Waals surface area contributed by atoms with Gasteiger partial charge in [-0.3, -0.25) is 0 Å². The molecule has 1 unspecified atom stereocenters. The van der Waals surface area contributed by atoms with Crippen molar-refractivity contribution in [2.24, 2.45) is 0 Å². The SMILES string of the molecule is C=C(C)C(=O)OCCNC(=O)Oc1cc(OCC2CO2)c(OC(=O)NCCOC(=O)C(=C)C)c2ccccc12. The van der Waals surface area contributed by atoms with Gasteiger partial charge in [-0.2, -0.15) is 0 Å². The minimum Gasteiger partial charge on any atom is -0.487 e. The molecule has 0 saturated carbocycles. The first-order valence-corrected chi connectivity index (χ1v) is 12.0. The van der Waals surface area contributed by atoms with Crippen molar-refractivity contribution in [2.45, 2.75) is 20.0 Å². The van der Waals surface area contributed by atoms with Gasteiger partial charge < -0.3 is 39.1 Å². The topological polar surface area (TPSA) is 151 Å². The van der Waals surface area contributed by atoms with Crippen molar-refractivity contribution in [2.75, 3.05) is 39.5 Å². The van der Waals surface area contributed by atoms with Crippen LogP contribution in [0.1, 0.15) is 13.8 Å². The molecule has 0 bridgehead atoms. The molecular weight excluding hydrogens is 512 g/mol. The number of nitrogens with one attached hydrogen (secondary N) is 2. The van der Waals surface area contributed by atoms with Crippen molar-refractivity contribution in [3.8, 4) is 17.2 Å². The quantitative estimate of drug-likeness (QED) is 0.167. The standard InChI is InChI=1S/C27H30N2O10/c1-16(2)24(30)34-11-9-28-26(32)38-21-13-22(37-15-18-14-36-18)23(20-8-6-5-7-19(20)21)39-27(33)29-10-12-35-25(31)17(3)4/h5-8,13,18H,1,3,9-12,14-15H2,2,4H3,(H,28,32)(H,29,33). The maximum atomic E-state index is 12.5. The van der Waals surface area contributed by atoms with Crippen molar-refractivity contribution in [3.63, 3.8) is 0 Å². The summed E-state index contributed by atoms with van der Waals surface area (Å²) in [5.74, 6) is -0.742. The number of amides is 2. The smallest absolute Gasteiger partial charge is 0.412 e. The van der Waals surface area contributed by atoms with Crippen LogP contribution in [-0.4, -0.2) is 69.7 Å². The second-order valence-electron chi connectivity index (χ2n) is 8.48. The van der Waals surface area contributed by atoms with Crippen LogP contribution in [0.3, 0.4) is 0 Å². The number of carbonyl (C=O) groups excluding carboxylic acids is 4. The molecule has 1 aliphatic heterocycles. The van der Waals surface area contributed by atoms with E-state index < -0.39 is 24.1 Å². The summed E-state index contributed by atoms with van der Waals surface area (Å²) in [6.45, 7) is 10.6. The molecule has 12 heteroatoms. The first kappa shape index (κ1) is 29.0. The number of epoxide rings is 1. The van der Waals surface area contributed by atoms with E-state index in [1.54, 1.807) is 24.3 Å². The lowest BCUT2D eigenvalue weighted by Gasteiger charge is -2.17. The van der Waals surface area contributed by atoms with E-state index in [9.17, 15) is 19.2 Å². The van der Waals surface area contributed by atoms with Gasteiger partial charge in [0.2, 0.25) is 0 Å². The number of rotatable bonds is 13. The van der Waals surface area contributed by atoms with Crippen molar-refractivity contribution >= 4 is 34.9 Å². The number of carbonyl (C=O) groups is 4. The molecular formula is C27H30N2O10. The molecule has 0 aromatic heterocycles. The van der Waals surface area contributed by atoms with Crippen LogP contribution < -0.4 is 24.8 Å². The molecule has 2 aromatic carbocycles. The van der Waals surface area contributed by atoms with Gasteiger partial charge >= 0.3 is 24.1 Å². The first-order chi connectivity index (χ1) is 18.7. The third-order valence-corrected chi connectivity index (χ3v) is 5.05. The Bertz CT molecular complexity index is 1270. The predicted molar refractivity (Wildman–Crippen MR) is 139 cm³/mol. The van der Waals surface area contributed by atoms with Crippen molar-refractivity contribution < 1.29 is 47.6 Å². The monoisotopic (exact) mass is 542 g/mol. The van der Waals surface area contributed by atoms with E-state index in [0.29, 0.717) is 17.4 Å². The molecule has 208 valence electrons. The number of hydrogen-bond acceptors (Lipinski definition) is 10. The van der Waals surface area contributed by atoms with Crippen LogP contribution in [0.2, 0.25) is 0 Å². The summed E-state index contributed by atoms with van der Waals surface area (Å²) in [5.41, 5.74) is 0.489. The molecule has 1 atom stereocenters. The molecule has 1 fully saturated rings. The zero-order valence-electron chi connectivity index (χ0n) is 21.7. The van der Waals surface area contributed by atoms with Crippen LogP contribution >= 0.6 is 0 Å². The van der Waals surface area contributed by atoms with Gasteiger partial charge in [0, 0.05) is 28.0 Å². The first-order valence-electron chi connectivity index (χ1n) is 12.0. The minimum absolute atomic E-state index is 0.00490. The van der Waals surface area contributed by atoms with Crippen LogP contribution in [-0.2, 0) is 23.8 Å². The molecule has 3 rings (SSSR count). The van der Waals surface area contributed by atoms with Crippen molar-refractivity contribution in [3.05, 3.63) is 54.6 Å². The fourth-order valence-electron chi connectivity index (χ4n) is 3.04. The highest BCUT2D eigenvalue weighted by molar-refractivity contribution is 5.98. The van der Waals surface area contributed by atoms with Crippen LogP contribution in [0.15, 0.2) is 54.6 Å². The number of benzene rings is 2. The van der Waals surface area contributed by atoms with E-state index in [-0.39, 0.29) is 67.4 Å². The third-order valence-electron chi connectivity index (χ3n) is 5.05. The number of ether oxygens (including phenoxy) is 6. The molecule has 2 aromatic rings. The van der Waals surface area contributed by atoms with Crippen LogP contribution in [0.5, 0.6) is 17.2 Å². The minimum atomic E-state index is -0.810. The Kier molecular flexibility index (Phi) is 10.3. The molecule has 39 heavy (non-hydrogen) atoms. The molecule has 2 N–H and O–H groups in total. The largest absolute Gasteiger partial charge is 0.487 e. The summed E-state index contributed by atoms with van der Waals surface area (Å²) >= 11 is 0. The predicted octanol–water partition coefficient (Wildman–Crippen LogP) is 3.03. The van der Waals surface area contributed by atoms with Crippen LogP contribution in [0.4, 0.5) is 9.59 Å². The summed E-state index contributed by atoms with van der Waals surface area (Å²) < 4.78 is 32.0.